The summed E-state index contributed by atoms with van der Waals surface area (Å²) >= 11 is 0. The molecule has 2 unspecified atom stereocenters. The van der Waals surface area contributed by atoms with E-state index < -0.39 is 12.1 Å². The fraction of sp³-hybridized carbons (Fsp3) is 0.910. The van der Waals surface area contributed by atoms with Gasteiger partial charge in [-0.05, 0) is 57.8 Å². The maximum absolute atomic E-state index is 12.5. The number of allylic oxidation sites excluding steroid dienone is 4. The maximum atomic E-state index is 12.5. The Hall–Kier alpha value is -1.66. The van der Waals surface area contributed by atoms with E-state index in [-0.39, 0.29) is 18.5 Å². The van der Waals surface area contributed by atoms with Crippen molar-refractivity contribution in [2.24, 2.45) is 0 Å². The van der Waals surface area contributed by atoms with Crippen molar-refractivity contribution in [2.45, 2.75) is 379 Å². The molecule has 0 spiro atoms. The average molecular weight is 1030 g/mol. The molecule has 0 radical (unpaired) electrons. The molecule has 0 saturated heterocycles. The molecule has 0 bridgehead atoms. The van der Waals surface area contributed by atoms with Crippen LogP contribution in [0.1, 0.15) is 367 Å². The molecular formula is C67H129NO5. The molecule has 6 heteroatoms. The van der Waals surface area contributed by atoms with Gasteiger partial charge in [0.1, 0.15) is 0 Å². The number of aliphatic hydroxyl groups excluding tert-OH is 2. The second kappa shape index (κ2) is 62.9. The Bertz CT molecular complexity index is 1140. The number of amides is 1. The molecule has 2 atom stereocenters. The summed E-state index contributed by atoms with van der Waals surface area (Å²) in [6, 6.07) is -0.543. The van der Waals surface area contributed by atoms with Crippen LogP contribution in [0.5, 0.6) is 0 Å². The average Bonchev–Trinajstić information content (AvgIpc) is 3.39. The number of carbonyl (C=O) groups is 2. The molecule has 0 aromatic heterocycles. The fourth-order valence-corrected chi connectivity index (χ4v) is 10.4. The Kier molecular flexibility index (Phi) is 61.4. The van der Waals surface area contributed by atoms with Crippen LogP contribution in [0.4, 0.5) is 0 Å². The normalized spacial score (nSPS) is 12.7. The predicted molar refractivity (Wildman–Crippen MR) is 320 cm³/mol. The molecule has 0 aliphatic rings. The molecule has 0 rings (SSSR count). The highest BCUT2D eigenvalue weighted by Crippen LogP contribution is 2.18. The molecule has 0 aliphatic carbocycles. The van der Waals surface area contributed by atoms with Gasteiger partial charge in [-0.2, -0.15) is 0 Å². The summed E-state index contributed by atoms with van der Waals surface area (Å²) in [6.07, 6.45) is 77.6. The molecule has 73 heavy (non-hydrogen) atoms. The Labute approximate surface area is 456 Å². The van der Waals surface area contributed by atoms with E-state index in [4.69, 9.17) is 4.74 Å². The zero-order valence-electron chi connectivity index (χ0n) is 49.4. The Morgan fingerprint density at radius 2 is 0.685 bits per heavy atom. The third-order valence-electron chi connectivity index (χ3n) is 15.5. The van der Waals surface area contributed by atoms with Gasteiger partial charge in [-0.15, -0.1) is 0 Å². The topological polar surface area (TPSA) is 95.9 Å². The van der Waals surface area contributed by atoms with E-state index in [0.29, 0.717) is 25.9 Å². The van der Waals surface area contributed by atoms with E-state index in [2.05, 4.69) is 43.5 Å². The standard InChI is InChI=1S/C67H129NO5/c1-3-5-7-9-11-13-15-17-19-21-24-29-33-37-41-45-49-53-57-61-67(72)73-62-58-54-50-46-42-38-34-30-26-23-22-25-28-32-36-40-44-48-52-56-60-66(71)68-64(63-69)65(70)59-55-51-47-43-39-35-31-27-20-18-16-14-12-10-8-6-4-2/h11,13,17,19,64-65,69-70H,3-10,12,14-16,18,20-63H2,1-2H3,(H,68,71)/b13-11-,19-17-. The second-order valence-electron chi connectivity index (χ2n) is 22.8. The number of esters is 1. The number of unbranched alkanes of at least 4 members (excludes halogenated alkanes) is 47. The number of nitrogens with one attached hydrogen (secondary N) is 1. The van der Waals surface area contributed by atoms with Crippen LogP contribution in [0.3, 0.4) is 0 Å². The van der Waals surface area contributed by atoms with Crippen LogP contribution in [0.25, 0.3) is 0 Å². The first kappa shape index (κ1) is 71.3. The van der Waals surface area contributed by atoms with Crippen molar-refractivity contribution in [3.63, 3.8) is 0 Å². The van der Waals surface area contributed by atoms with Crippen molar-refractivity contribution in [1.82, 2.24) is 5.32 Å². The number of carbonyl (C=O) groups excluding carboxylic acids is 2. The lowest BCUT2D eigenvalue weighted by Gasteiger charge is -2.22. The summed E-state index contributed by atoms with van der Waals surface area (Å²) in [5, 5.41) is 23.3. The highest BCUT2D eigenvalue weighted by Gasteiger charge is 2.20. The monoisotopic (exact) mass is 1030 g/mol. The molecule has 0 aromatic rings. The van der Waals surface area contributed by atoms with E-state index in [9.17, 15) is 19.8 Å². The van der Waals surface area contributed by atoms with Gasteiger partial charge in [0.05, 0.1) is 25.4 Å². The van der Waals surface area contributed by atoms with Gasteiger partial charge >= 0.3 is 5.97 Å². The zero-order chi connectivity index (χ0) is 52.9. The quantitative estimate of drug-likeness (QED) is 0.0320. The van der Waals surface area contributed by atoms with Gasteiger partial charge < -0.3 is 20.3 Å². The van der Waals surface area contributed by atoms with E-state index in [1.807, 2.05) is 0 Å². The first-order chi connectivity index (χ1) is 36.0. The predicted octanol–water partition coefficient (Wildman–Crippen LogP) is 21.0. The van der Waals surface area contributed by atoms with Gasteiger partial charge in [0.25, 0.3) is 0 Å². The van der Waals surface area contributed by atoms with Crippen LogP contribution in [-0.4, -0.2) is 47.4 Å². The fourth-order valence-electron chi connectivity index (χ4n) is 10.4. The molecule has 432 valence electrons. The number of aliphatic hydroxyl groups is 2. The molecule has 0 heterocycles. The van der Waals surface area contributed by atoms with Crippen LogP contribution in [0, 0.1) is 0 Å². The van der Waals surface area contributed by atoms with E-state index in [0.717, 1.165) is 51.4 Å². The van der Waals surface area contributed by atoms with E-state index >= 15 is 0 Å². The van der Waals surface area contributed by atoms with Crippen molar-refractivity contribution in [3.05, 3.63) is 24.3 Å². The molecular weight excluding hydrogens is 899 g/mol. The number of hydrogen-bond acceptors (Lipinski definition) is 5. The molecule has 1 amide bonds. The first-order valence-electron chi connectivity index (χ1n) is 33.1. The molecule has 0 fully saturated rings. The van der Waals surface area contributed by atoms with E-state index in [1.54, 1.807) is 0 Å². The third kappa shape index (κ3) is 59.4. The Morgan fingerprint density at radius 3 is 1.07 bits per heavy atom. The highest BCUT2D eigenvalue weighted by atomic mass is 16.5. The third-order valence-corrected chi connectivity index (χ3v) is 15.5. The molecule has 3 N–H and O–H groups in total. The lowest BCUT2D eigenvalue weighted by atomic mass is 10.0. The second-order valence-corrected chi connectivity index (χ2v) is 22.8. The summed E-state index contributed by atoms with van der Waals surface area (Å²) in [7, 11) is 0. The molecule has 0 aromatic carbocycles. The van der Waals surface area contributed by atoms with Gasteiger partial charge in [-0.1, -0.05) is 321 Å². The van der Waals surface area contributed by atoms with Crippen molar-refractivity contribution in [3.8, 4) is 0 Å². The number of ether oxygens (including phenoxy) is 1. The van der Waals surface area contributed by atoms with Crippen molar-refractivity contribution < 1.29 is 24.5 Å². The van der Waals surface area contributed by atoms with Crippen molar-refractivity contribution >= 4 is 11.9 Å². The summed E-state index contributed by atoms with van der Waals surface area (Å²) in [5.41, 5.74) is 0. The SMILES string of the molecule is CCCCC/C=C\C/C=C\CCCCCCCCCCCC(=O)OCCCCCCCCCCCCCCCCCCCCCCC(=O)NC(CO)C(O)CCCCCCCCCCCCCCCCCCC. The first-order valence-corrected chi connectivity index (χ1v) is 33.1. The van der Waals surface area contributed by atoms with Crippen molar-refractivity contribution in [2.75, 3.05) is 13.2 Å². The van der Waals surface area contributed by atoms with Gasteiger partial charge in [0.15, 0.2) is 0 Å². The summed E-state index contributed by atoms with van der Waals surface area (Å²) in [4.78, 5) is 24.6. The van der Waals surface area contributed by atoms with Crippen LogP contribution >= 0.6 is 0 Å². The molecule has 0 saturated carbocycles. The van der Waals surface area contributed by atoms with Gasteiger partial charge in [-0.25, -0.2) is 0 Å². The minimum absolute atomic E-state index is 0.00766. The Morgan fingerprint density at radius 1 is 0.384 bits per heavy atom. The van der Waals surface area contributed by atoms with Crippen LogP contribution in [-0.2, 0) is 14.3 Å². The highest BCUT2D eigenvalue weighted by molar-refractivity contribution is 5.76. The zero-order valence-corrected chi connectivity index (χ0v) is 49.4. The lowest BCUT2D eigenvalue weighted by Crippen LogP contribution is -2.45. The smallest absolute Gasteiger partial charge is 0.305 e. The van der Waals surface area contributed by atoms with Crippen LogP contribution in [0.2, 0.25) is 0 Å². The van der Waals surface area contributed by atoms with Crippen LogP contribution < -0.4 is 5.32 Å². The van der Waals surface area contributed by atoms with Crippen molar-refractivity contribution in [1.29, 1.82) is 0 Å². The number of rotatable bonds is 62. The Balaban J connectivity index is 3.38. The molecule has 0 aliphatic heterocycles. The van der Waals surface area contributed by atoms with E-state index in [1.165, 1.54) is 283 Å². The summed E-state index contributed by atoms with van der Waals surface area (Å²) < 4.78 is 5.50. The van der Waals surface area contributed by atoms with Gasteiger partial charge in [0.2, 0.25) is 5.91 Å². The number of hydrogen-bond donors (Lipinski definition) is 3. The van der Waals surface area contributed by atoms with Crippen LogP contribution in [0.15, 0.2) is 24.3 Å². The maximum Gasteiger partial charge on any atom is 0.305 e. The lowest BCUT2D eigenvalue weighted by molar-refractivity contribution is -0.143. The van der Waals surface area contributed by atoms with Gasteiger partial charge in [-0.3, -0.25) is 9.59 Å². The minimum atomic E-state index is -0.666. The minimum Gasteiger partial charge on any atom is -0.466 e. The summed E-state index contributed by atoms with van der Waals surface area (Å²) in [6.45, 7) is 4.95. The summed E-state index contributed by atoms with van der Waals surface area (Å²) in [5.74, 6) is -0.0262. The molecule has 6 nitrogen and oxygen atoms in total. The van der Waals surface area contributed by atoms with Gasteiger partial charge in [0, 0.05) is 12.8 Å². The largest absolute Gasteiger partial charge is 0.466 e.